The number of hydrogen-bond acceptors (Lipinski definition) is 0. The monoisotopic (exact) mass is 204 g/mol. The second-order valence-electron chi connectivity index (χ2n) is 6.65. The van der Waals surface area contributed by atoms with Gasteiger partial charge in [-0.15, -0.1) is 0 Å². The van der Waals surface area contributed by atoms with Crippen LogP contribution in [0.3, 0.4) is 0 Å². The Bertz CT molecular complexity index is 312. The lowest BCUT2D eigenvalue weighted by Crippen LogP contribution is -2.27. The van der Waals surface area contributed by atoms with Gasteiger partial charge >= 0.3 is 0 Å². The molecule has 0 aromatic carbocycles. The molecule has 2 saturated carbocycles. The van der Waals surface area contributed by atoms with Crippen molar-refractivity contribution in [3.63, 3.8) is 0 Å². The van der Waals surface area contributed by atoms with Crippen LogP contribution >= 0.6 is 0 Å². The molecule has 0 amide bonds. The third-order valence-electron chi connectivity index (χ3n) is 5.89. The number of allylic oxidation sites excluding steroid dienone is 2. The minimum Gasteiger partial charge on any atom is -0.0847 e. The van der Waals surface area contributed by atoms with E-state index in [4.69, 9.17) is 0 Å². The molecule has 5 atom stereocenters. The zero-order valence-corrected chi connectivity index (χ0v) is 10.6. The summed E-state index contributed by atoms with van der Waals surface area (Å²) in [6.45, 7) is 9.75. The molecule has 0 aliphatic heterocycles. The van der Waals surface area contributed by atoms with E-state index in [1.165, 1.54) is 19.3 Å². The molecule has 0 bridgehead atoms. The fourth-order valence-electron chi connectivity index (χ4n) is 5.05. The van der Waals surface area contributed by atoms with Gasteiger partial charge in [0.1, 0.15) is 0 Å². The van der Waals surface area contributed by atoms with E-state index < -0.39 is 0 Å². The van der Waals surface area contributed by atoms with Gasteiger partial charge < -0.3 is 0 Å². The Morgan fingerprint density at radius 1 is 1.33 bits per heavy atom. The van der Waals surface area contributed by atoms with E-state index >= 15 is 0 Å². The van der Waals surface area contributed by atoms with Crippen LogP contribution in [-0.4, -0.2) is 0 Å². The smallest absolute Gasteiger partial charge is 0.0104 e. The molecule has 0 saturated heterocycles. The predicted octanol–water partition coefficient (Wildman–Crippen LogP) is 4.27. The number of hydrogen-bond donors (Lipinski definition) is 0. The Morgan fingerprint density at radius 3 is 2.73 bits per heavy atom. The van der Waals surface area contributed by atoms with Gasteiger partial charge in [-0.05, 0) is 61.2 Å². The Labute approximate surface area is 94.1 Å². The highest BCUT2D eigenvalue weighted by atomic mass is 14.8. The highest BCUT2D eigenvalue weighted by Gasteiger charge is 2.71. The fourth-order valence-corrected chi connectivity index (χ4v) is 5.05. The average Bonchev–Trinajstić information content (AvgIpc) is 2.75. The van der Waals surface area contributed by atoms with Gasteiger partial charge in [-0.25, -0.2) is 0 Å². The second kappa shape index (κ2) is 2.90. The van der Waals surface area contributed by atoms with Crippen LogP contribution in [0.25, 0.3) is 0 Å². The van der Waals surface area contributed by atoms with Crippen molar-refractivity contribution in [1.29, 1.82) is 0 Å². The van der Waals surface area contributed by atoms with Gasteiger partial charge in [0.05, 0.1) is 0 Å². The van der Waals surface area contributed by atoms with Gasteiger partial charge in [0, 0.05) is 0 Å². The zero-order valence-electron chi connectivity index (χ0n) is 10.6. The zero-order chi connectivity index (χ0) is 10.8. The van der Waals surface area contributed by atoms with Crippen LogP contribution in [0.4, 0.5) is 0 Å². The molecule has 3 rings (SSSR count). The molecule has 0 heteroatoms. The van der Waals surface area contributed by atoms with Crippen molar-refractivity contribution >= 4 is 0 Å². The van der Waals surface area contributed by atoms with Gasteiger partial charge in [0.25, 0.3) is 0 Å². The van der Waals surface area contributed by atoms with Crippen LogP contribution in [0.5, 0.6) is 0 Å². The quantitative estimate of drug-likeness (QED) is 0.559. The average molecular weight is 204 g/mol. The molecule has 2 unspecified atom stereocenters. The Balaban J connectivity index is 1.91. The molecule has 0 N–H and O–H groups in total. The van der Waals surface area contributed by atoms with E-state index in [9.17, 15) is 0 Å². The van der Waals surface area contributed by atoms with Crippen molar-refractivity contribution in [1.82, 2.24) is 0 Å². The van der Waals surface area contributed by atoms with E-state index in [1.807, 2.05) is 0 Å². The van der Waals surface area contributed by atoms with E-state index in [1.54, 1.807) is 5.57 Å². The molecule has 0 aromatic rings. The van der Waals surface area contributed by atoms with Gasteiger partial charge in [-0.1, -0.05) is 32.4 Å². The molecule has 84 valence electrons. The first kappa shape index (κ1) is 9.93. The SMILES string of the molecule is CC1=CC[C@@]23C(C)CCC(C(C)C)[C@H]2[C@H]13. The predicted molar refractivity (Wildman–Crippen MR) is 64.5 cm³/mol. The molecular weight excluding hydrogens is 180 g/mol. The first-order chi connectivity index (χ1) is 7.09. The summed E-state index contributed by atoms with van der Waals surface area (Å²) in [4.78, 5) is 0. The Morgan fingerprint density at radius 2 is 2.07 bits per heavy atom. The molecular formula is C15H24. The first-order valence-electron chi connectivity index (χ1n) is 6.75. The lowest BCUT2D eigenvalue weighted by atomic mass is 9.70. The highest BCUT2D eigenvalue weighted by Crippen LogP contribution is 2.77. The van der Waals surface area contributed by atoms with Crippen molar-refractivity contribution in [2.75, 3.05) is 0 Å². The summed E-state index contributed by atoms with van der Waals surface area (Å²) in [5, 5.41) is 0. The molecule has 3 aliphatic carbocycles. The van der Waals surface area contributed by atoms with Gasteiger partial charge in [0.15, 0.2) is 0 Å². The minimum absolute atomic E-state index is 0.747. The minimum atomic E-state index is 0.747. The molecule has 3 aliphatic rings. The van der Waals surface area contributed by atoms with Gasteiger partial charge in [-0.2, -0.15) is 0 Å². The van der Waals surface area contributed by atoms with Crippen LogP contribution < -0.4 is 0 Å². The normalized spacial score (nSPS) is 52.5. The molecule has 0 heterocycles. The third kappa shape index (κ3) is 1.04. The summed E-state index contributed by atoms with van der Waals surface area (Å²) in [5.74, 6) is 4.96. The fraction of sp³-hybridized carbons (Fsp3) is 0.867. The lowest BCUT2D eigenvalue weighted by molar-refractivity contribution is 0.149. The van der Waals surface area contributed by atoms with Crippen LogP contribution in [0.1, 0.15) is 47.0 Å². The standard InChI is InChI=1S/C15H24/c1-9(2)12-6-5-11(4)15-8-7-10(3)13(15)14(12)15/h7,9,11-14H,5-6,8H2,1-4H3/t11?,12?,13-,14-,15-/m0/s1. The van der Waals surface area contributed by atoms with Crippen LogP contribution in [0, 0.1) is 35.0 Å². The molecule has 0 nitrogen and oxygen atoms in total. The van der Waals surface area contributed by atoms with Crippen LogP contribution in [0.15, 0.2) is 11.6 Å². The van der Waals surface area contributed by atoms with Crippen molar-refractivity contribution in [2.24, 2.45) is 35.0 Å². The van der Waals surface area contributed by atoms with E-state index in [0.717, 1.165) is 35.0 Å². The first-order valence-corrected chi connectivity index (χ1v) is 6.75. The summed E-state index contributed by atoms with van der Waals surface area (Å²) in [6.07, 6.45) is 6.91. The van der Waals surface area contributed by atoms with E-state index in [-0.39, 0.29) is 0 Å². The third-order valence-corrected chi connectivity index (χ3v) is 5.89. The summed E-state index contributed by atoms with van der Waals surface area (Å²) in [7, 11) is 0. The van der Waals surface area contributed by atoms with Gasteiger partial charge in [-0.3, -0.25) is 0 Å². The van der Waals surface area contributed by atoms with E-state index in [2.05, 4.69) is 33.8 Å². The Kier molecular flexibility index (Phi) is 1.92. The van der Waals surface area contributed by atoms with Crippen molar-refractivity contribution in [3.8, 4) is 0 Å². The number of rotatable bonds is 1. The maximum absolute atomic E-state index is 2.53. The van der Waals surface area contributed by atoms with Crippen LogP contribution in [-0.2, 0) is 0 Å². The van der Waals surface area contributed by atoms with Crippen LogP contribution in [0.2, 0.25) is 0 Å². The van der Waals surface area contributed by atoms with Gasteiger partial charge in [0.2, 0.25) is 0 Å². The van der Waals surface area contributed by atoms with Crippen molar-refractivity contribution < 1.29 is 0 Å². The highest BCUT2D eigenvalue weighted by molar-refractivity contribution is 5.35. The number of fused-ring (bicyclic) bond motifs is 1. The molecule has 0 aromatic heterocycles. The van der Waals surface area contributed by atoms with E-state index in [0.29, 0.717) is 0 Å². The maximum atomic E-state index is 2.53. The van der Waals surface area contributed by atoms with Crippen molar-refractivity contribution in [3.05, 3.63) is 11.6 Å². The molecule has 15 heavy (non-hydrogen) atoms. The largest absolute Gasteiger partial charge is 0.0847 e. The van der Waals surface area contributed by atoms with Crippen molar-refractivity contribution in [2.45, 2.75) is 47.0 Å². The Hall–Kier alpha value is -0.260. The molecule has 2 fully saturated rings. The topological polar surface area (TPSA) is 0 Å². The summed E-state index contributed by atoms with van der Waals surface area (Å²) >= 11 is 0. The summed E-state index contributed by atoms with van der Waals surface area (Å²) in [5.41, 5.74) is 2.47. The molecule has 0 radical (unpaired) electrons. The second-order valence-corrected chi connectivity index (χ2v) is 6.65. The summed E-state index contributed by atoms with van der Waals surface area (Å²) < 4.78 is 0. The summed E-state index contributed by atoms with van der Waals surface area (Å²) in [6, 6.07) is 0. The molecule has 1 spiro atoms. The lowest BCUT2D eigenvalue weighted by Gasteiger charge is -2.35. The maximum Gasteiger partial charge on any atom is -0.0104 e.